The Labute approximate surface area is 139 Å². The number of esters is 1. The largest absolute Gasteiger partial charge is 0.466 e. The summed E-state index contributed by atoms with van der Waals surface area (Å²) in [7, 11) is 0. The highest BCUT2D eigenvalue weighted by molar-refractivity contribution is 5.73. The third-order valence-corrected chi connectivity index (χ3v) is 3.61. The maximum atomic E-state index is 12.5. The summed E-state index contributed by atoms with van der Waals surface area (Å²) in [4.78, 5) is 26.0. The zero-order valence-electron chi connectivity index (χ0n) is 15.3. The molecule has 23 heavy (non-hydrogen) atoms. The van der Waals surface area contributed by atoms with Crippen LogP contribution in [-0.2, 0) is 14.3 Å². The van der Waals surface area contributed by atoms with E-state index < -0.39 is 5.60 Å². The normalized spacial score (nSPS) is 22.1. The zero-order valence-corrected chi connectivity index (χ0v) is 15.3. The molecule has 0 bridgehead atoms. The number of piperidine rings is 1. The Hall–Kier alpha value is -1.30. The van der Waals surface area contributed by atoms with Gasteiger partial charge in [-0.05, 0) is 40.5 Å². The van der Waals surface area contributed by atoms with E-state index in [0.29, 0.717) is 19.2 Å². The summed E-state index contributed by atoms with van der Waals surface area (Å²) in [6.45, 7) is 12.4. The number of amides is 1. The molecule has 1 aliphatic heterocycles. The van der Waals surface area contributed by atoms with Gasteiger partial charge in [0.2, 0.25) is 0 Å². The van der Waals surface area contributed by atoms with Crippen molar-refractivity contribution in [3.8, 4) is 0 Å². The van der Waals surface area contributed by atoms with Gasteiger partial charge in [-0.2, -0.15) is 0 Å². The van der Waals surface area contributed by atoms with Gasteiger partial charge in [0.25, 0.3) is 0 Å². The van der Waals surface area contributed by atoms with Gasteiger partial charge in [-0.25, -0.2) is 4.79 Å². The smallest absolute Gasteiger partial charge is 0.410 e. The van der Waals surface area contributed by atoms with Gasteiger partial charge in [-0.3, -0.25) is 4.79 Å². The van der Waals surface area contributed by atoms with Gasteiger partial charge < -0.3 is 19.7 Å². The van der Waals surface area contributed by atoms with Crippen LogP contribution in [0.5, 0.6) is 0 Å². The van der Waals surface area contributed by atoms with Crippen LogP contribution in [0.15, 0.2) is 0 Å². The maximum absolute atomic E-state index is 12.5. The highest BCUT2D eigenvalue weighted by atomic mass is 16.6. The van der Waals surface area contributed by atoms with E-state index >= 15 is 0 Å². The third kappa shape index (κ3) is 7.20. The van der Waals surface area contributed by atoms with E-state index in [1.807, 2.05) is 20.8 Å². The molecular weight excluding hydrogens is 296 g/mol. The molecule has 0 unspecified atom stereocenters. The zero-order chi connectivity index (χ0) is 17.6. The van der Waals surface area contributed by atoms with Crippen LogP contribution in [0.3, 0.4) is 0 Å². The molecule has 0 aromatic heterocycles. The Morgan fingerprint density at radius 1 is 1.26 bits per heavy atom. The van der Waals surface area contributed by atoms with Crippen LogP contribution in [0.2, 0.25) is 0 Å². The fourth-order valence-electron chi connectivity index (χ4n) is 2.80. The number of carbonyl (C=O) groups excluding carboxylic acids is 2. The Morgan fingerprint density at radius 2 is 1.91 bits per heavy atom. The fraction of sp³-hybridized carbons (Fsp3) is 0.882. The second-order valence-corrected chi connectivity index (χ2v) is 7.39. The molecule has 1 heterocycles. The minimum atomic E-state index is -0.552. The molecule has 6 heteroatoms. The fourth-order valence-corrected chi connectivity index (χ4v) is 2.80. The summed E-state index contributed by atoms with van der Waals surface area (Å²) in [6.07, 6.45) is 1.56. The highest BCUT2D eigenvalue weighted by Gasteiger charge is 2.35. The van der Waals surface area contributed by atoms with Crippen molar-refractivity contribution in [2.45, 2.75) is 84.5 Å². The molecule has 0 aromatic carbocycles. The van der Waals surface area contributed by atoms with Gasteiger partial charge in [-0.15, -0.1) is 0 Å². The summed E-state index contributed by atoms with van der Waals surface area (Å²) in [5.74, 6) is -0.263. The predicted octanol–water partition coefficient (Wildman–Crippen LogP) is 2.71. The van der Waals surface area contributed by atoms with Gasteiger partial charge in [0.05, 0.1) is 13.0 Å². The molecule has 6 nitrogen and oxygen atoms in total. The van der Waals surface area contributed by atoms with Crippen molar-refractivity contribution < 1.29 is 19.1 Å². The van der Waals surface area contributed by atoms with E-state index in [1.54, 1.807) is 11.8 Å². The molecule has 0 spiro atoms. The first-order chi connectivity index (χ1) is 10.6. The van der Waals surface area contributed by atoms with Crippen molar-refractivity contribution in [2.75, 3.05) is 13.2 Å². The second kappa shape index (κ2) is 8.52. The van der Waals surface area contributed by atoms with Crippen LogP contribution >= 0.6 is 0 Å². The van der Waals surface area contributed by atoms with Crippen molar-refractivity contribution in [1.82, 2.24) is 10.2 Å². The molecule has 0 saturated carbocycles. The van der Waals surface area contributed by atoms with Crippen molar-refractivity contribution in [1.29, 1.82) is 0 Å². The lowest BCUT2D eigenvalue weighted by Gasteiger charge is -2.40. The standard InChI is InChI=1S/C17H32N2O4/c1-7-22-15(20)10-14-9-8-13(18-12(2)3)11-19(14)16(21)23-17(4,5)6/h12-14,18H,7-11H2,1-6H3/t13-,14-/m1/s1. The maximum Gasteiger partial charge on any atom is 0.410 e. The van der Waals surface area contributed by atoms with E-state index in [0.717, 1.165) is 12.8 Å². The Balaban J connectivity index is 2.78. The van der Waals surface area contributed by atoms with Gasteiger partial charge >= 0.3 is 12.1 Å². The van der Waals surface area contributed by atoms with Gasteiger partial charge in [0.15, 0.2) is 0 Å². The van der Waals surface area contributed by atoms with Crippen molar-refractivity contribution in [3.63, 3.8) is 0 Å². The number of carbonyl (C=O) groups is 2. The SMILES string of the molecule is CCOC(=O)C[C@H]1CC[C@@H](NC(C)C)CN1C(=O)OC(C)(C)C. The molecule has 134 valence electrons. The monoisotopic (exact) mass is 328 g/mol. The molecular formula is C17H32N2O4. The van der Waals surface area contributed by atoms with Crippen LogP contribution in [0.1, 0.15) is 60.8 Å². The number of nitrogens with zero attached hydrogens (tertiary/aromatic N) is 1. The summed E-state index contributed by atoms with van der Waals surface area (Å²) < 4.78 is 10.5. The minimum absolute atomic E-state index is 0.158. The van der Waals surface area contributed by atoms with E-state index in [4.69, 9.17) is 9.47 Å². The van der Waals surface area contributed by atoms with Gasteiger partial charge in [0.1, 0.15) is 5.60 Å². The first-order valence-electron chi connectivity index (χ1n) is 8.53. The van der Waals surface area contributed by atoms with Crippen LogP contribution in [0.25, 0.3) is 0 Å². The lowest BCUT2D eigenvalue weighted by molar-refractivity contribution is -0.144. The van der Waals surface area contributed by atoms with Crippen LogP contribution < -0.4 is 5.32 Å². The summed E-state index contributed by atoms with van der Waals surface area (Å²) in [6, 6.07) is 0.414. The highest BCUT2D eigenvalue weighted by Crippen LogP contribution is 2.23. The number of ether oxygens (including phenoxy) is 2. The quantitative estimate of drug-likeness (QED) is 0.786. The molecule has 0 aromatic rings. The number of hydrogen-bond donors (Lipinski definition) is 1. The number of rotatable bonds is 5. The van der Waals surface area contributed by atoms with Crippen LogP contribution in [0.4, 0.5) is 4.79 Å². The molecule has 0 aliphatic carbocycles. The lowest BCUT2D eigenvalue weighted by atomic mass is 9.96. The first-order valence-corrected chi connectivity index (χ1v) is 8.53. The average Bonchev–Trinajstić information content (AvgIpc) is 2.38. The van der Waals surface area contributed by atoms with Gasteiger partial charge in [-0.1, -0.05) is 13.8 Å². The topological polar surface area (TPSA) is 67.9 Å². The number of nitrogens with one attached hydrogen (secondary N) is 1. The Bertz CT molecular complexity index is 404. The molecule has 1 aliphatic rings. The number of likely N-dealkylation sites (tertiary alicyclic amines) is 1. The Morgan fingerprint density at radius 3 is 2.43 bits per heavy atom. The first kappa shape index (κ1) is 19.7. The summed E-state index contributed by atoms with van der Waals surface area (Å²) in [5, 5.41) is 3.46. The van der Waals surface area contributed by atoms with Crippen molar-refractivity contribution in [3.05, 3.63) is 0 Å². The summed E-state index contributed by atoms with van der Waals surface area (Å²) >= 11 is 0. The van der Waals surface area contributed by atoms with Crippen LogP contribution in [0, 0.1) is 0 Å². The van der Waals surface area contributed by atoms with Crippen LogP contribution in [-0.4, -0.2) is 53.8 Å². The molecule has 2 atom stereocenters. The van der Waals surface area contributed by atoms with E-state index in [9.17, 15) is 9.59 Å². The second-order valence-electron chi connectivity index (χ2n) is 7.39. The molecule has 1 rings (SSSR count). The van der Waals surface area contributed by atoms with Crippen molar-refractivity contribution in [2.24, 2.45) is 0 Å². The molecule has 1 saturated heterocycles. The van der Waals surface area contributed by atoms with E-state index in [2.05, 4.69) is 19.2 Å². The third-order valence-electron chi connectivity index (χ3n) is 3.61. The molecule has 1 amide bonds. The minimum Gasteiger partial charge on any atom is -0.466 e. The average molecular weight is 328 g/mol. The number of hydrogen-bond acceptors (Lipinski definition) is 5. The van der Waals surface area contributed by atoms with Crippen molar-refractivity contribution >= 4 is 12.1 Å². The van der Waals surface area contributed by atoms with Gasteiger partial charge in [0, 0.05) is 24.7 Å². The predicted molar refractivity (Wildman–Crippen MR) is 89.3 cm³/mol. The van der Waals surface area contributed by atoms with E-state index in [1.165, 1.54) is 0 Å². The molecule has 0 radical (unpaired) electrons. The Kier molecular flexibility index (Phi) is 7.32. The summed E-state index contributed by atoms with van der Waals surface area (Å²) in [5.41, 5.74) is -0.552. The molecule has 1 N–H and O–H groups in total. The van der Waals surface area contributed by atoms with E-state index in [-0.39, 0.29) is 30.6 Å². The molecule has 1 fully saturated rings. The lowest BCUT2D eigenvalue weighted by Crippen LogP contribution is -2.55.